The summed E-state index contributed by atoms with van der Waals surface area (Å²) in [5.41, 5.74) is 1.09. The summed E-state index contributed by atoms with van der Waals surface area (Å²) in [4.78, 5) is 3.97. The molecule has 0 saturated heterocycles. The van der Waals surface area contributed by atoms with Gasteiger partial charge in [0.05, 0.1) is 12.7 Å². The highest BCUT2D eigenvalue weighted by Gasteiger charge is 2.34. The number of nitrogens with zero attached hydrogens (tertiary/aromatic N) is 1. The molecule has 2 aromatic rings. The molecule has 0 unspecified atom stereocenters. The van der Waals surface area contributed by atoms with Crippen molar-refractivity contribution in [1.29, 1.82) is 0 Å². The lowest BCUT2D eigenvalue weighted by Crippen LogP contribution is -2.11. The molecule has 6 heteroatoms. The SMILES string of the molecule is COc1ccc(NCc2cnccc2C)c(C(F)(F)F)c1. The van der Waals surface area contributed by atoms with E-state index in [9.17, 15) is 13.2 Å². The van der Waals surface area contributed by atoms with E-state index in [4.69, 9.17) is 4.74 Å². The number of rotatable bonds is 4. The van der Waals surface area contributed by atoms with E-state index in [1.807, 2.05) is 13.0 Å². The van der Waals surface area contributed by atoms with Crippen LogP contribution >= 0.6 is 0 Å². The van der Waals surface area contributed by atoms with Gasteiger partial charge in [-0.25, -0.2) is 0 Å². The van der Waals surface area contributed by atoms with Crippen molar-refractivity contribution in [1.82, 2.24) is 4.98 Å². The summed E-state index contributed by atoms with van der Waals surface area (Å²) in [6.45, 7) is 2.16. The fourth-order valence-corrected chi connectivity index (χ4v) is 1.91. The van der Waals surface area contributed by atoms with Gasteiger partial charge in [-0.15, -0.1) is 0 Å². The van der Waals surface area contributed by atoms with Crippen LogP contribution in [-0.4, -0.2) is 12.1 Å². The molecule has 3 nitrogen and oxygen atoms in total. The van der Waals surface area contributed by atoms with Crippen molar-refractivity contribution in [2.24, 2.45) is 0 Å². The predicted molar refractivity (Wildman–Crippen MR) is 74.3 cm³/mol. The largest absolute Gasteiger partial charge is 0.497 e. The van der Waals surface area contributed by atoms with Gasteiger partial charge in [-0.2, -0.15) is 13.2 Å². The third kappa shape index (κ3) is 3.65. The number of ether oxygens (including phenoxy) is 1. The maximum Gasteiger partial charge on any atom is 0.418 e. The zero-order valence-electron chi connectivity index (χ0n) is 11.7. The first kappa shape index (κ1) is 15.2. The van der Waals surface area contributed by atoms with E-state index in [1.165, 1.54) is 19.2 Å². The van der Waals surface area contributed by atoms with Crippen molar-refractivity contribution in [3.05, 3.63) is 53.3 Å². The quantitative estimate of drug-likeness (QED) is 0.925. The van der Waals surface area contributed by atoms with Crippen LogP contribution in [0.5, 0.6) is 5.75 Å². The zero-order valence-corrected chi connectivity index (χ0v) is 11.7. The molecule has 0 saturated carbocycles. The Morgan fingerprint density at radius 2 is 2.00 bits per heavy atom. The van der Waals surface area contributed by atoms with Gasteiger partial charge in [-0.05, 0) is 42.3 Å². The number of benzene rings is 1. The number of anilines is 1. The van der Waals surface area contributed by atoms with Crippen molar-refractivity contribution >= 4 is 5.69 Å². The van der Waals surface area contributed by atoms with Crippen molar-refractivity contribution in [2.45, 2.75) is 19.6 Å². The van der Waals surface area contributed by atoms with Gasteiger partial charge in [0.2, 0.25) is 0 Å². The van der Waals surface area contributed by atoms with Crippen LogP contribution in [0.1, 0.15) is 16.7 Å². The Morgan fingerprint density at radius 1 is 1.24 bits per heavy atom. The van der Waals surface area contributed by atoms with Gasteiger partial charge in [0.15, 0.2) is 0 Å². The van der Waals surface area contributed by atoms with Crippen LogP contribution in [0.3, 0.4) is 0 Å². The second-order valence-electron chi connectivity index (χ2n) is 4.56. The molecular formula is C15H15F3N2O. The van der Waals surface area contributed by atoms with Gasteiger partial charge in [-0.3, -0.25) is 4.98 Å². The van der Waals surface area contributed by atoms with Crippen molar-refractivity contribution in [3.63, 3.8) is 0 Å². The van der Waals surface area contributed by atoms with Crippen LogP contribution in [0.15, 0.2) is 36.7 Å². The number of aryl methyl sites for hydroxylation is 1. The van der Waals surface area contributed by atoms with Crippen LogP contribution in [0.4, 0.5) is 18.9 Å². The summed E-state index contributed by atoms with van der Waals surface area (Å²) in [7, 11) is 1.33. The average molecular weight is 296 g/mol. The molecule has 0 bridgehead atoms. The van der Waals surface area contributed by atoms with Crippen molar-refractivity contribution in [2.75, 3.05) is 12.4 Å². The number of pyridine rings is 1. The van der Waals surface area contributed by atoms with E-state index < -0.39 is 11.7 Å². The highest BCUT2D eigenvalue weighted by molar-refractivity contribution is 5.56. The minimum atomic E-state index is -4.44. The monoisotopic (exact) mass is 296 g/mol. The van der Waals surface area contributed by atoms with Gasteiger partial charge in [-0.1, -0.05) is 0 Å². The van der Waals surface area contributed by atoms with Gasteiger partial charge in [0.25, 0.3) is 0 Å². The molecule has 112 valence electrons. The topological polar surface area (TPSA) is 34.1 Å². The fourth-order valence-electron chi connectivity index (χ4n) is 1.91. The molecule has 0 fully saturated rings. The molecule has 0 amide bonds. The first-order valence-corrected chi connectivity index (χ1v) is 6.30. The zero-order chi connectivity index (χ0) is 15.5. The number of hydrogen-bond donors (Lipinski definition) is 1. The molecule has 0 aliphatic heterocycles. The van der Waals surface area contributed by atoms with E-state index in [2.05, 4.69) is 10.3 Å². The third-order valence-electron chi connectivity index (χ3n) is 3.15. The molecule has 0 aliphatic rings. The van der Waals surface area contributed by atoms with E-state index in [1.54, 1.807) is 12.4 Å². The predicted octanol–water partition coefficient (Wildman–Crippen LogP) is 4.03. The van der Waals surface area contributed by atoms with E-state index in [0.29, 0.717) is 0 Å². The summed E-state index contributed by atoms with van der Waals surface area (Å²) in [5.74, 6) is 0.172. The molecule has 1 aromatic heterocycles. The summed E-state index contributed by atoms with van der Waals surface area (Å²) in [5, 5.41) is 2.81. The molecule has 0 aliphatic carbocycles. The molecule has 0 atom stereocenters. The molecule has 1 N–H and O–H groups in total. The Hall–Kier alpha value is -2.24. The average Bonchev–Trinajstić information content (AvgIpc) is 2.45. The summed E-state index contributed by atoms with van der Waals surface area (Å²) < 4.78 is 44.0. The second-order valence-corrected chi connectivity index (χ2v) is 4.56. The Kier molecular flexibility index (Phi) is 4.35. The summed E-state index contributed by atoms with van der Waals surface area (Å²) in [6, 6.07) is 5.66. The lowest BCUT2D eigenvalue weighted by molar-refractivity contribution is -0.137. The molecule has 2 rings (SSSR count). The van der Waals surface area contributed by atoms with Crippen LogP contribution in [0, 0.1) is 6.92 Å². The fraction of sp³-hybridized carbons (Fsp3) is 0.267. The smallest absolute Gasteiger partial charge is 0.418 e. The molecule has 1 aromatic carbocycles. The maximum absolute atomic E-state index is 13.1. The third-order valence-corrected chi connectivity index (χ3v) is 3.15. The lowest BCUT2D eigenvalue weighted by atomic mass is 10.1. The lowest BCUT2D eigenvalue weighted by Gasteiger charge is -2.16. The molecule has 0 radical (unpaired) electrons. The molecule has 0 spiro atoms. The number of halogens is 3. The summed E-state index contributed by atoms with van der Waals surface area (Å²) >= 11 is 0. The number of nitrogens with one attached hydrogen (secondary N) is 1. The highest BCUT2D eigenvalue weighted by atomic mass is 19.4. The Labute approximate surface area is 120 Å². The van der Waals surface area contributed by atoms with Crippen molar-refractivity contribution in [3.8, 4) is 5.75 Å². The second kappa shape index (κ2) is 6.03. The number of aromatic nitrogens is 1. The van der Waals surface area contributed by atoms with Crippen LogP contribution < -0.4 is 10.1 Å². The summed E-state index contributed by atoms with van der Waals surface area (Å²) in [6.07, 6.45) is -1.16. The number of hydrogen-bond acceptors (Lipinski definition) is 3. The molecule has 1 heterocycles. The molecule has 21 heavy (non-hydrogen) atoms. The maximum atomic E-state index is 13.1. The highest BCUT2D eigenvalue weighted by Crippen LogP contribution is 2.37. The van der Waals surface area contributed by atoms with Crippen LogP contribution in [-0.2, 0) is 12.7 Å². The Balaban J connectivity index is 2.26. The Morgan fingerprint density at radius 3 is 2.62 bits per heavy atom. The van der Waals surface area contributed by atoms with E-state index >= 15 is 0 Å². The van der Waals surface area contributed by atoms with Crippen LogP contribution in [0.2, 0.25) is 0 Å². The van der Waals surface area contributed by atoms with E-state index in [-0.39, 0.29) is 18.0 Å². The first-order valence-electron chi connectivity index (χ1n) is 6.30. The van der Waals surface area contributed by atoms with Gasteiger partial charge in [0, 0.05) is 24.6 Å². The van der Waals surface area contributed by atoms with Gasteiger partial charge < -0.3 is 10.1 Å². The Bertz CT molecular complexity index is 627. The number of methoxy groups -OCH3 is 1. The minimum Gasteiger partial charge on any atom is -0.497 e. The standard InChI is InChI=1S/C15H15F3N2O/c1-10-5-6-19-8-11(10)9-20-14-4-3-12(21-2)7-13(14)15(16,17)18/h3-8,20H,9H2,1-2H3. The first-order chi connectivity index (χ1) is 9.91. The van der Waals surface area contributed by atoms with Crippen LogP contribution in [0.25, 0.3) is 0 Å². The van der Waals surface area contributed by atoms with Gasteiger partial charge >= 0.3 is 6.18 Å². The van der Waals surface area contributed by atoms with E-state index in [0.717, 1.165) is 17.2 Å². The molecular weight excluding hydrogens is 281 g/mol. The number of alkyl halides is 3. The van der Waals surface area contributed by atoms with Gasteiger partial charge in [0.1, 0.15) is 5.75 Å². The minimum absolute atomic E-state index is 0.0200. The van der Waals surface area contributed by atoms with Crippen molar-refractivity contribution < 1.29 is 17.9 Å². The normalized spacial score (nSPS) is 11.3.